The molecule has 0 aliphatic carbocycles. The number of ether oxygens (including phenoxy) is 4. The van der Waals surface area contributed by atoms with Gasteiger partial charge in [-0.2, -0.15) is 0 Å². The summed E-state index contributed by atoms with van der Waals surface area (Å²) in [6.45, 7) is 6.70. The number of likely N-dealkylation sites (N-methyl/N-ethyl adjacent to an activating group) is 1. The van der Waals surface area contributed by atoms with Crippen LogP contribution in [-0.2, 0) is 17.7 Å². The minimum atomic E-state index is -0.412. The number of halogens is 1. The van der Waals surface area contributed by atoms with E-state index in [4.69, 9.17) is 18.9 Å². The minimum absolute atomic E-state index is 0. The number of hydrogen-bond donors (Lipinski definition) is 1. The number of nitrogens with zero attached hydrogens (tertiary/aromatic N) is 1. The normalized spacial score (nSPS) is 12.9. The Morgan fingerprint density at radius 1 is 1.09 bits per heavy atom. The van der Waals surface area contributed by atoms with Gasteiger partial charge in [0.2, 0.25) is 5.75 Å². The Bertz CT molecular complexity index is 953. The molecule has 8 nitrogen and oxygen atoms in total. The van der Waals surface area contributed by atoms with Crippen LogP contribution >= 0.6 is 23.7 Å². The molecular formula is C22H29ClN2O6S. The third-order valence-corrected chi connectivity index (χ3v) is 6.35. The largest absolute Gasteiger partial charge is 0.493 e. The lowest BCUT2D eigenvalue weighted by Gasteiger charge is -2.25. The molecule has 1 amide bonds. The molecule has 0 saturated carbocycles. The van der Waals surface area contributed by atoms with Crippen molar-refractivity contribution in [2.75, 3.05) is 46.3 Å². The van der Waals surface area contributed by atoms with E-state index in [1.165, 1.54) is 32.7 Å². The number of carbonyl (C=O) groups excluding carboxylic acids is 2. The van der Waals surface area contributed by atoms with Gasteiger partial charge in [-0.25, -0.2) is 4.79 Å². The average molecular weight is 485 g/mol. The molecular weight excluding hydrogens is 456 g/mol. The number of thiophene rings is 1. The van der Waals surface area contributed by atoms with Gasteiger partial charge in [0.1, 0.15) is 5.00 Å². The lowest BCUT2D eigenvalue weighted by Crippen LogP contribution is -2.30. The van der Waals surface area contributed by atoms with Gasteiger partial charge in [0.25, 0.3) is 5.91 Å². The van der Waals surface area contributed by atoms with Crippen molar-refractivity contribution in [3.8, 4) is 17.2 Å². The molecule has 0 spiro atoms. The van der Waals surface area contributed by atoms with Crippen molar-refractivity contribution in [1.29, 1.82) is 0 Å². The molecule has 1 aromatic heterocycles. The van der Waals surface area contributed by atoms with Crippen LogP contribution in [0.3, 0.4) is 0 Å². The summed E-state index contributed by atoms with van der Waals surface area (Å²) in [5.41, 5.74) is 1.75. The fraction of sp³-hybridized carbons (Fsp3) is 0.455. The summed E-state index contributed by atoms with van der Waals surface area (Å²) in [6.07, 6.45) is 0.744. The topological polar surface area (TPSA) is 86.3 Å². The standard InChI is InChI=1S/C22H28N2O6S.ClH/c1-6-24-9-8-14-17(12-24)31-21(18(14)22(26)30-7-2)23-20(25)13-10-15(27-3)19(29-5)16(11-13)28-4;/h10-11H,6-9,12H2,1-5H3,(H,23,25);1H. The number of nitrogens with one attached hydrogen (secondary N) is 1. The van der Waals surface area contributed by atoms with Crippen LogP contribution in [0.4, 0.5) is 5.00 Å². The Labute approximate surface area is 198 Å². The molecule has 10 heteroatoms. The van der Waals surface area contributed by atoms with E-state index in [-0.39, 0.29) is 24.9 Å². The van der Waals surface area contributed by atoms with Crippen LogP contribution in [0.2, 0.25) is 0 Å². The number of rotatable bonds is 8. The van der Waals surface area contributed by atoms with E-state index in [2.05, 4.69) is 17.1 Å². The minimum Gasteiger partial charge on any atom is -0.493 e. The highest BCUT2D eigenvalue weighted by Gasteiger charge is 2.29. The molecule has 1 aromatic carbocycles. The number of amides is 1. The molecule has 176 valence electrons. The van der Waals surface area contributed by atoms with Gasteiger partial charge in [0, 0.05) is 23.5 Å². The summed E-state index contributed by atoms with van der Waals surface area (Å²) in [6, 6.07) is 3.15. The zero-order valence-electron chi connectivity index (χ0n) is 18.9. The highest BCUT2D eigenvalue weighted by Crippen LogP contribution is 2.40. The van der Waals surface area contributed by atoms with E-state index in [1.807, 2.05) is 0 Å². The first-order chi connectivity index (χ1) is 15.0. The lowest BCUT2D eigenvalue weighted by molar-refractivity contribution is 0.0526. The molecule has 0 unspecified atom stereocenters. The van der Waals surface area contributed by atoms with E-state index in [9.17, 15) is 9.59 Å². The number of carbonyl (C=O) groups is 2. The van der Waals surface area contributed by atoms with Gasteiger partial charge >= 0.3 is 5.97 Å². The van der Waals surface area contributed by atoms with Crippen LogP contribution in [0.5, 0.6) is 17.2 Å². The van der Waals surface area contributed by atoms with Crippen LogP contribution < -0.4 is 19.5 Å². The molecule has 32 heavy (non-hydrogen) atoms. The number of benzene rings is 1. The van der Waals surface area contributed by atoms with Gasteiger partial charge in [0.05, 0.1) is 33.5 Å². The lowest BCUT2D eigenvalue weighted by atomic mass is 10.0. The van der Waals surface area contributed by atoms with Gasteiger partial charge in [-0.05, 0) is 37.6 Å². The predicted molar refractivity (Wildman–Crippen MR) is 126 cm³/mol. The summed E-state index contributed by atoms with van der Waals surface area (Å²) in [7, 11) is 4.48. The van der Waals surface area contributed by atoms with Gasteiger partial charge < -0.3 is 24.3 Å². The maximum atomic E-state index is 13.1. The van der Waals surface area contributed by atoms with Gasteiger partial charge in [-0.3, -0.25) is 9.69 Å². The molecule has 0 radical (unpaired) electrons. The fourth-order valence-electron chi connectivity index (χ4n) is 3.62. The average Bonchev–Trinajstić information content (AvgIpc) is 3.14. The molecule has 0 bridgehead atoms. The highest BCUT2D eigenvalue weighted by atomic mass is 35.5. The van der Waals surface area contributed by atoms with Crippen LogP contribution in [0.25, 0.3) is 0 Å². The second-order valence-corrected chi connectivity index (χ2v) is 8.02. The molecule has 0 fully saturated rings. The van der Waals surface area contributed by atoms with Crippen molar-refractivity contribution in [1.82, 2.24) is 4.90 Å². The Morgan fingerprint density at radius 2 is 1.75 bits per heavy atom. The SMILES string of the molecule is CCOC(=O)c1c(NC(=O)c2cc(OC)c(OC)c(OC)c2)sc2c1CCN(CC)C2.Cl. The molecule has 2 heterocycles. The summed E-state index contributed by atoms with van der Waals surface area (Å²) in [5, 5.41) is 3.40. The highest BCUT2D eigenvalue weighted by molar-refractivity contribution is 7.17. The third-order valence-electron chi connectivity index (χ3n) is 5.22. The molecule has 1 aliphatic heterocycles. The molecule has 2 aromatic rings. The van der Waals surface area contributed by atoms with Crippen molar-refractivity contribution in [3.05, 3.63) is 33.7 Å². The van der Waals surface area contributed by atoms with Gasteiger partial charge in [-0.1, -0.05) is 6.92 Å². The Kier molecular flexibility index (Phi) is 9.18. The number of anilines is 1. The zero-order chi connectivity index (χ0) is 22.5. The summed E-state index contributed by atoms with van der Waals surface area (Å²) < 4.78 is 21.3. The molecule has 1 N–H and O–H groups in total. The van der Waals surface area contributed by atoms with Crippen molar-refractivity contribution in [2.24, 2.45) is 0 Å². The third kappa shape index (κ3) is 5.11. The maximum Gasteiger partial charge on any atom is 0.341 e. The Morgan fingerprint density at radius 3 is 2.28 bits per heavy atom. The first-order valence-electron chi connectivity index (χ1n) is 10.1. The second-order valence-electron chi connectivity index (χ2n) is 6.92. The van der Waals surface area contributed by atoms with Crippen molar-refractivity contribution in [2.45, 2.75) is 26.8 Å². The smallest absolute Gasteiger partial charge is 0.341 e. The molecule has 0 atom stereocenters. The van der Waals surface area contributed by atoms with E-state index in [0.29, 0.717) is 33.4 Å². The second kappa shape index (κ2) is 11.4. The number of esters is 1. The van der Waals surface area contributed by atoms with Gasteiger partial charge in [-0.15, -0.1) is 23.7 Å². The fourth-order valence-corrected chi connectivity index (χ4v) is 4.89. The summed E-state index contributed by atoms with van der Waals surface area (Å²) >= 11 is 1.42. The monoisotopic (exact) mass is 484 g/mol. The Balaban J connectivity index is 0.00000363. The van der Waals surface area contributed by atoms with Crippen LogP contribution in [0.1, 0.15) is 45.0 Å². The van der Waals surface area contributed by atoms with E-state index >= 15 is 0 Å². The van der Waals surface area contributed by atoms with Crippen molar-refractivity contribution in [3.63, 3.8) is 0 Å². The van der Waals surface area contributed by atoms with Crippen molar-refractivity contribution < 1.29 is 28.5 Å². The number of methoxy groups -OCH3 is 3. The van der Waals surface area contributed by atoms with Crippen LogP contribution in [0.15, 0.2) is 12.1 Å². The van der Waals surface area contributed by atoms with E-state index in [1.54, 1.807) is 19.1 Å². The number of fused-ring (bicyclic) bond motifs is 1. The Hall–Kier alpha value is -2.49. The number of hydrogen-bond acceptors (Lipinski definition) is 8. The van der Waals surface area contributed by atoms with Crippen LogP contribution in [0, 0.1) is 0 Å². The molecule has 1 aliphatic rings. The predicted octanol–water partition coefficient (Wildman–Crippen LogP) is 4.00. The van der Waals surface area contributed by atoms with Crippen LogP contribution in [-0.4, -0.2) is 57.8 Å². The van der Waals surface area contributed by atoms with E-state index in [0.717, 1.165) is 36.5 Å². The first-order valence-corrected chi connectivity index (χ1v) is 10.9. The molecule has 0 saturated heterocycles. The summed E-state index contributed by atoms with van der Waals surface area (Å²) in [5.74, 6) is 0.365. The zero-order valence-corrected chi connectivity index (χ0v) is 20.5. The first kappa shape index (κ1) is 25.8. The van der Waals surface area contributed by atoms with Crippen molar-refractivity contribution >= 4 is 40.6 Å². The summed E-state index contributed by atoms with van der Waals surface area (Å²) in [4.78, 5) is 29.2. The molecule has 3 rings (SSSR count). The van der Waals surface area contributed by atoms with Gasteiger partial charge in [0.15, 0.2) is 11.5 Å². The van der Waals surface area contributed by atoms with E-state index < -0.39 is 5.97 Å². The quantitative estimate of drug-likeness (QED) is 0.566. The maximum absolute atomic E-state index is 13.1.